The molecule has 1 aliphatic carbocycles. The molecule has 2 nitrogen and oxygen atoms in total. The van der Waals surface area contributed by atoms with Crippen LogP contribution in [0.4, 0.5) is 5.69 Å². The molecule has 1 fully saturated rings. The van der Waals surface area contributed by atoms with Crippen LogP contribution in [0.3, 0.4) is 0 Å². The number of halogens is 2. The molecule has 1 saturated carbocycles. The quantitative estimate of drug-likeness (QED) is 0.742. The number of nitrogens with one attached hydrogen (secondary N) is 1. The van der Waals surface area contributed by atoms with Gasteiger partial charge in [-0.05, 0) is 82.0 Å². The summed E-state index contributed by atoms with van der Waals surface area (Å²) in [6, 6.07) is 6.93. The molecule has 0 amide bonds. The molecular formula is C13H18BrIN2. The van der Waals surface area contributed by atoms with E-state index in [0.717, 1.165) is 11.0 Å². The van der Waals surface area contributed by atoms with E-state index in [9.17, 15) is 0 Å². The predicted octanol–water partition coefficient (Wildman–Crippen LogP) is 3.98. The Kier molecular flexibility index (Phi) is 5.11. The maximum Gasteiger partial charge on any atom is 0.0497 e. The highest BCUT2D eigenvalue weighted by molar-refractivity contribution is 14.1. The normalized spacial score (nSPS) is 24.6. The van der Waals surface area contributed by atoms with Gasteiger partial charge in [-0.3, -0.25) is 0 Å². The minimum absolute atomic E-state index is 0.531. The second kappa shape index (κ2) is 6.38. The van der Waals surface area contributed by atoms with Crippen molar-refractivity contribution in [3.8, 4) is 0 Å². The number of hydrogen-bond acceptors (Lipinski definition) is 2. The van der Waals surface area contributed by atoms with E-state index in [0.29, 0.717) is 12.0 Å². The highest BCUT2D eigenvalue weighted by Crippen LogP contribution is 2.30. The number of nitrogens with two attached hydrogens (primary N) is 1. The van der Waals surface area contributed by atoms with E-state index in [2.05, 4.69) is 62.0 Å². The predicted molar refractivity (Wildman–Crippen MR) is 85.3 cm³/mol. The van der Waals surface area contributed by atoms with Crippen LogP contribution >= 0.6 is 38.5 Å². The van der Waals surface area contributed by atoms with Gasteiger partial charge in [0.1, 0.15) is 0 Å². The fourth-order valence-corrected chi connectivity index (χ4v) is 3.34. The standard InChI is InChI=1S/C13H18BrIN2/c14-11-6-5-10(15)7-13(11)17-12-4-2-1-3-9(12)8-16/h5-7,9,12,17H,1-4,8,16H2. The lowest BCUT2D eigenvalue weighted by Crippen LogP contribution is -2.36. The van der Waals surface area contributed by atoms with Crippen molar-refractivity contribution in [3.05, 3.63) is 26.2 Å². The minimum atomic E-state index is 0.531. The van der Waals surface area contributed by atoms with Crippen molar-refractivity contribution in [2.75, 3.05) is 11.9 Å². The number of rotatable bonds is 3. The molecule has 0 bridgehead atoms. The third-order valence-electron chi connectivity index (χ3n) is 3.48. The Morgan fingerprint density at radius 1 is 1.35 bits per heavy atom. The summed E-state index contributed by atoms with van der Waals surface area (Å²) in [5, 5.41) is 3.66. The summed E-state index contributed by atoms with van der Waals surface area (Å²) in [6.45, 7) is 0.791. The van der Waals surface area contributed by atoms with Gasteiger partial charge in [0.25, 0.3) is 0 Å². The van der Waals surface area contributed by atoms with Crippen LogP contribution in [0.15, 0.2) is 22.7 Å². The van der Waals surface area contributed by atoms with Crippen molar-refractivity contribution in [1.82, 2.24) is 0 Å². The molecule has 94 valence electrons. The summed E-state index contributed by atoms with van der Waals surface area (Å²) in [4.78, 5) is 0. The van der Waals surface area contributed by atoms with Crippen LogP contribution in [0.5, 0.6) is 0 Å². The fraction of sp³-hybridized carbons (Fsp3) is 0.538. The van der Waals surface area contributed by atoms with Crippen molar-refractivity contribution >= 4 is 44.2 Å². The molecule has 1 aromatic rings. The summed E-state index contributed by atoms with van der Waals surface area (Å²) < 4.78 is 2.40. The van der Waals surface area contributed by atoms with Crippen molar-refractivity contribution in [3.63, 3.8) is 0 Å². The third-order valence-corrected chi connectivity index (χ3v) is 4.84. The van der Waals surface area contributed by atoms with Gasteiger partial charge in [-0.25, -0.2) is 0 Å². The molecule has 0 heterocycles. The Hall–Kier alpha value is 0.190. The molecule has 1 aromatic carbocycles. The molecule has 3 N–H and O–H groups in total. The van der Waals surface area contributed by atoms with Crippen molar-refractivity contribution in [2.45, 2.75) is 31.7 Å². The Bertz CT molecular complexity index is 384. The van der Waals surface area contributed by atoms with Crippen molar-refractivity contribution < 1.29 is 0 Å². The molecule has 0 aromatic heterocycles. The second-order valence-electron chi connectivity index (χ2n) is 4.66. The maximum absolute atomic E-state index is 5.86. The Morgan fingerprint density at radius 3 is 2.88 bits per heavy atom. The van der Waals surface area contributed by atoms with Crippen LogP contribution in [0, 0.1) is 9.49 Å². The van der Waals surface area contributed by atoms with E-state index in [1.54, 1.807) is 0 Å². The zero-order valence-electron chi connectivity index (χ0n) is 9.76. The lowest BCUT2D eigenvalue weighted by molar-refractivity contribution is 0.332. The Labute approximate surface area is 125 Å². The number of benzene rings is 1. The maximum atomic E-state index is 5.86. The monoisotopic (exact) mass is 408 g/mol. The highest BCUT2D eigenvalue weighted by Gasteiger charge is 2.24. The van der Waals surface area contributed by atoms with E-state index < -0.39 is 0 Å². The summed E-state index contributed by atoms with van der Waals surface area (Å²) in [6.07, 6.45) is 5.14. The molecule has 0 saturated heterocycles. The Morgan fingerprint density at radius 2 is 2.12 bits per heavy atom. The van der Waals surface area contributed by atoms with Gasteiger partial charge >= 0.3 is 0 Å². The molecule has 2 unspecified atom stereocenters. The summed E-state index contributed by atoms with van der Waals surface area (Å²) in [7, 11) is 0. The van der Waals surface area contributed by atoms with Gasteiger partial charge in [-0.2, -0.15) is 0 Å². The zero-order valence-corrected chi connectivity index (χ0v) is 13.5. The van der Waals surface area contributed by atoms with Crippen LogP contribution in [-0.2, 0) is 0 Å². The van der Waals surface area contributed by atoms with Gasteiger partial charge in [0, 0.05) is 19.8 Å². The van der Waals surface area contributed by atoms with Crippen LogP contribution in [0.2, 0.25) is 0 Å². The smallest absolute Gasteiger partial charge is 0.0497 e. The van der Waals surface area contributed by atoms with Crippen molar-refractivity contribution in [1.29, 1.82) is 0 Å². The van der Waals surface area contributed by atoms with E-state index in [-0.39, 0.29) is 0 Å². The molecule has 2 rings (SSSR count). The molecule has 0 aliphatic heterocycles. The van der Waals surface area contributed by atoms with Crippen molar-refractivity contribution in [2.24, 2.45) is 11.7 Å². The van der Waals surface area contributed by atoms with E-state index >= 15 is 0 Å². The van der Waals surface area contributed by atoms with E-state index in [1.807, 2.05) is 0 Å². The first kappa shape index (κ1) is 13.6. The Balaban J connectivity index is 2.10. The van der Waals surface area contributed by atoms with E-state index in [4.69, 9.17) is 5.73 Å². The summed E-state index contributed by atoms with van der Waals surface area (Å²) in [5.41, 5.74) is 7.06. The molecule has 1 aliphatic rings. The lowest BCUT2D eigenvalue weighted by Gasteiger charge is -2.32. The summed E-state index contributed by atoms with van der Waals surface area (Å²) >= 11 is 5.95. The highest BCUT2D eigenvalue weighted by atomic mass is 127. The minimum Gasteiger partial charge on any atom is -0.381 e. The number of hydrogen-bond donors (Lipinski definition) is 2. The SMILES string of the molecule is NCC1CCCCC1Nc1cc(I)ccc1Br. The first-order valence-corrected chi connectivity index (χ1v) is 7.99. The average Bonchev–Trinajstić information content (AvgIpc) is 2.34. The molecule has 0 radical (unpaired) electrons. The molecule has 17 heavy (non-hydrogen) atoms. The largest absolute Gasteiger partial charge is 0.381 e. The molecule has 2 atom stereocenters. The van der Waals surface area contributed by atoms with Gasteiger partial charge in [0.15, 0.2) is 0 Å². The van der Waals surface area contributed by atoms with Crippen LogP contribution in [0.25, 0.3) is 0 Å². The molecular weight excluding hydrogens is 391 g/mol. The third kappa shape index (κ3) is 3.58. The van der Waals surface area contributed by atoms with Gasteiger partial charge in [0.05, 0.1) is 0 Å². The molecule has 0 spiro atoms. The van der Waals surface area contributed by atoms with Crippen LogP contribution in [-0.4, -0.2) is 12.6 Å². The van der Waals surface area contributed by atoms with Gasteiger partial charge in [0.2, 0.25) is 0 Å². The summed E-state index contributed by atoms with van der Waals surface area (Å²) in [5.74, 6) is 0.619. The zero-order chi connectivity index (χ0) is 12.3. The number of anilines is 1. The fourth-order valence-electron chi connectivity index (χ4n) is 2.49. The van der Waals surface area contributed by atoms with Gasteiger partial charge < -0.3 is 11.1 Å². The van der Waals surface area contributed by atoms with Crippen LogP contribution < -0.4 is 11.1 Å². The topological polar surface area (TPSA) is 38.0 Å². The lowest BCUT2D eigenvalue weighted by atomic mass is 9.84. The van der Waals surface area contributed by atoms with E-state index in [1.165, 1.54) is 34.9 Å². The first-order chi connectivity index (χ1) is 8.20. The van der Waals surface area contributed by atoms with Gasteiger partial charge in [-0.1, -0.05) is 12.8 Å². The average molecular weight is 409 g/mol. The van der Waals surface area contributed by atoms with Crippen LogP contribution in [0.1, 0.15) is 25.7 Å². The molecule has 4 heteroatoms. The van der Waals surface area contributed by atoms with Gasteiger partial charge in [-0.15, -0.1) is 0 Å². The first-order valence-electron chi connectivity index (χ1n) is 6.12. The second-order valence-corrected chi connectivity index (χ2v) is 6.76.